The van der Waals surface area contributed by atoms with Gasteiger partial charge < -0.3 is 0 Å². The second-order valence-electron chi connectivity index (χ2n) is 5.76. The van der Waals surface area contributed by atoms with Gasteiger partial charge in [-0.05, 0) is 30.3 Å². The summed E-state index contributed by atoms with van der Waals surface area (Å²) in [6.07, 6.45) is 0. The van der Waals surface area contributed by atoms with E-state index in [0.717, 1.165) is 12.1 Å². The first-order valence-corrected chi connectivity index (χ1v) is 11.7. The summed E-state index contributed by atoms with van der Waals surface area (Å²) in [5.41, 5.74) is -0.857. The maximum Gasteiger partial charge on any atom is 0.277 e. The highest BCUT2D eigenvalue weighted by molar-refractivity contribution is 9.10. The number of hydrogen-bond acceptors (Lipinski definition) is 6. The van der Waals surface area contributed by atoms with Gasteiger partial charge in [-0.2, -0.15) is 3.71 Å². The molecule has 0 aromatic heterocycles. The van der Waals surface area contributed by atoms with Gasteiger partial charge in [0.2, 0.25) is 0 Å². The number of non-ortho nitro benzene ring substituents is 1. The van der Waals surface area contributed by atoms with Crippen molar-refractivity contribution in [1.29, 1.82) is 0 Å². The van der Waals surface area contributed by atoms with Gasteiger partial charge in [0.25, 0.3) is 25.7 Å². The normalized spacial score (nSPS) is 11.8. The zero-order valence-corrected chi connectivity index (χ0v) is 17.8. The summed E-state index contributed by atoms with van der Waals surface area (Å²) >= 11 is 3.07. The molecule has 11 heteroatoms. The fraction of sp³-hybridized carbons (Fsp3) is 0. The lowest BCUT2D eigenvalue weighted by Gasteiger charge is -2.24. The molecule has 0 radical (unpaired) electrons. The Morgan fingerprint density at radius 2 is 1.21 bits per heavy atom. The molecule has 8 nitrogen and oxygen atoms in total. The van der Waals surface area contributed by atoms with Crippen molar-refractivity contribution in [2.24, 2.45) is 0 Å². The summed E-state index contributed by atoms with van der Waals surface area (Å²) in [5.74, 6) is 0. The number of nitro groups is 1. The highest BCUT2D eigenvalue weighted by atomic mass is 79.9. The zero-order chi connectivity index (χ0) is 21.2. The largest absolute Gasteiger partial charge is 0.277 e. The van der Waals surface area contributed by atoms with Crippen molar-refractivity contribution >= 4 is 47.4 Å². The molecule has 150 valence electrons. The van der Waals surface area contributed by atoms with Crippen molar-refractivity contribution in [2.45, 2.75) is 9.79 Å². The summed E-state index contributed by atoms with van der Waals surface area (Å²) in [6, 6.07) is 17.2. The van der Waals surface area contributed by atoms with Gasteiger partial charge in [-0.1, -0.05) is 52.3 Å². The van der Waals surface area contributed by atoms with Crippen LogP contribution >= 0.6 is 15.9 Å². The molecule has 0 N–H and O–H groups in total. The number of hydrogen-bond donors (Lipinski definition) is 0. The van der Waals surface area contributed by atoms with E-state index in [1.54, 1.807) is 12.1 Å². The Bertz CT molecular complexity index is 1190. The van der Waals surface area contributed by atoms with E-state index in [1.165, 1.54) is 54.6 Å². The molecule has 29 heavy (non-hydrogen) atoms. The molecule has 0 aliphatic rings. The SMILES string of the molecule is O=[N+]([O-])c1cc(Br)cc(N(S(=O)(=O)c2ccccc2)S(=O)(=O)c2ccccc2)c1. The molecular formula is C18H13BrN2O6S2. The van der Waals surface area contributed by atoms with Crippen molar-refractivity contribution < 1.29 is 21.8 Å². The second-order valence-corrected chi connectivity index (χ2v) is 10.5. The predicted molar refractivity (Wildman–Crippen MR) is 111 cm³/mol. The lowest BCUT2D eigenvalue weighted by molar-refractivity contribution is -0.384. The van der Waals surface area contributed by atoms with Crippen LogP contribution in [0.1, 0.15) is 0 Å². The quantitative estimate of drug-likeness (QED) is 0.377. The Morgan fingerprint density at radius 3 is 1.62 bits per heavy atom. The number of benzene rings is 3. The minimum absolute atomic E-state index is 0.151. The van der Waals surface area contributed by atoms with Crippen LogP contribution < -0.4 is 3.71 Å². The molecule has 3 aromatic rings. The van der Waals surface area contributed by atoms with Gasteiger partial charge in [0.15, 0.2) is 0 Å². The molecule has 0 amide bonds. The Morgan fingerprint density at radius 1 is 0.759 bits per heavy atom. The summed E-state index contributed by atoms with van der Waals surface area (Å²) in [4.78, 5) is 9.94. The second kappa shape index (κ2) is 7.93. The smallest absolute Gasteiger partial charge is 0.258 e. The first-order valence-electron chi connectivity index (χ1n) is 7.99. The number of anilines is 1. The molecule has 0 bridgehead atoms. The number of sulfonamides is 2. The van der Waals surface area contributed by atoms with Crippen LogP contribution in [0.4, 0.5) is 11.4 Å². The van der Waals surface area contributed by atoms with Gasteiger partial charge in [0, 0.05) is 16.6 Å². The van der Waals surface area contributed by atoms with Crippen LogP contribution in [0.2, 0.25) is 0 Å². The molecular weight excluding hydrogens is 484 g/mol. The van der Waals surface area contributed by atoms with Crippen LogP contribution in [-0.4, -0.2) is 21.8 Å². The molecule has 0 aliphatic heterocycles. The van der Waals surface area contributed by atoms with Gasteiger partial charge >= 0.3 is 0 Å². The van der Waals surface area contributed by atoms with Gasteiger partial charge in [-0.25, -0.2) is 16.8 Å². The molecule has 3 rings (SSSR count). The lowest BCUT2D eigenvalue weighted by atomic mass is 10.3. The van der Waals surface area contributed by atoms with Crippen LogP contribution in [0.5, 0.6) is 0 Å². The van der Waals surface area contributed by atoms with Gasteiger partial charge in [0.05, 0.1) is 20.4 Å². The number of halogens is 1. The van der Waals surface area contributed by atoms with Crippen molar-refractivity contribution in [3.8, 4) is 0 Å². The molecule has 0 saturated carbocycles. The van der Waals surface area contributed by atoms with Crippen LogP contribution in [0, 0.1) is 10.1 Å². The van der Waals surface area contributed by atoms with Crippen LogP contribution in [0.25, 0.3) is 0 Å². The average molecular weight is 497 g/mol. The highest BCUT2D eigenvalue weighted by Crippen LogP contribution is 2.35. The molecule has 0 unspecified atom stereocenters. The molecule has 0 aliphatic carbocycles. The Labute approximate surface area is 175 Å². The third-order valence-corrected chi connectivity index (χ3v) is 8.47. The summed E-state index contributed by atoms with van der Waals surface area (Å²) in [7, 11) is -9.23. The fourth-order valence-corrected chi connectivity index (χ4v) is 6.72. The van der Waals surface area contributed by atoms with Crippen LogP contribution in [0.15, 0.2) is 93.1 Å². The maximum atomic E-state index is 13.3. The molecule has 3 aromatic carbocycles. The van der Waals surface area contributed by atoms with Crippen LogP contribution in [-0.2, 0) is 20.0 Å². The predicted octanol–water partition coefficient (Wildman–Crippen LogP) is 3.94. The topological polar surface area (TPSA) is 115 Å². The lowest BCUT2D eigenvalue weighted by Crippen LogP contribution is -2.37. The monoisotopic (exact) mass is 496 g/mol. The summed E-state index contributed by atoms with van der Waals surface area (Å²) < 4.78 is 53.6. The van der Waals surface area contributed by atoms with Crippen molar-refractivity contribution in [1.82, 2.24) is 0 Å². The molecule has 0 atom stereocenters. The van der Waals surface area contributed by atoms with Gasteiger partial charge in [-0.3, -0.25) is 10.1 Å². The van der Waals surface area contributed by atoms with E-state index in [2.05, 4.69) is 15.9 Å². The van der Waals surface area contributed by atoms with E-state index in [0.29, 0.717) is 0 Å². The molecule has 0 fully saturated rings. The Hall–Kier alpha value is -2.76. The first kappa shape index (κ1) is 21.0. The standard InChI is InChI=1S/C18H13BrN2O6S2/c19-14-11-15(20(22)23)13-16(12-14)21(28(24,25)17-7-3-1-4-8-17)29(26,27)18-9-5-2-6-10-18/h1-13H. The maximum absolute atomic E-state index is 13.3. The summed E-state index contributed by atoms with van der Waals surface area (Å²) in [6.45, 7) is 0. The highest BCUT2D eigenvalue weighted by Gasteiger charge is 2.37. The van der Waals surface area contributed by atoms with E-state index < -0.39 is 36.3 Å². The van der Waals surface area contributed by atoms with E-state index in [4.69, 9.17) is 0 Å². The fourth-order valence-electron chi connectivity index (χ4n) is 2.55. The number of nitrogens with zero attached hydrogens (tertiary/aromatic N) is 2. The zero-order valence-electron chi connectivity index (χ0n) is 14.5. The van der Waals surface area contributed by atoms with Crippen LogP contribution in [0.3, 0.4) is 0 Å². The average Bonchev–Trinajstić information content (AvgIpc) is 2.68. The Kier molecular flexibility index (Phi) is 5.73. The van der Waals surface area contributed by atoms with E-state index in [1.807, 2.05) is 0 Å². The summed E-state index contributed by atoms with van der Waals surface area (Å²) in [5, 5.41) is 11.2. The minimum atomic E-state index is -4.62. The Balaban J connectivity index is 2.34. The van der Waals surface area contributed by atoms with E-state index in [9.17, 15) is 26.9 Å². The number of rotatable bonds is 6. The molecule has 0 spiro atoms. The van der Waals surface area contributed by atoms with Crippen molar-refractivity contribution in [2.75, 3.05) is 3.71 Å². The van der Waals surface area contributed by atoms with Gasteiger partial charge in [-0.15, -0.1) is 0 Å². The third kappa shape index (κ3) is 4.16. The van der Waals surface area contributed by atoms with Gasteiger partial charge in [0.1, 0.15) is 0 Å². The molecule has 0 heterocycles. The van der Waals surface area contributed by atoms with E-state index in [-0.39, 0.29) is 18.0 Å². The molecule has 0 saturated heterocycles. The minimum Gasteiger partial charge on any atom is -0.258 e. The first-order chi connectivity index (χ1) is 13.6. The third-order valence-electron chi connectivity index (χ3n) is 3.81. The van der Waals surface area contributed by atoms with Crippen molar-refractivity contribution in [3.05, 3.63) is 93.4 Å². The van der Waals surface area contributed by atoms with Crippen molar-refractivity contribution in [3.63, 3.8) is 0 Å². The van der Waals surface area contributed by atoms with E-state index >= 15 is 0 Å². The number of nitro benzene ring substituents is 1.